The van der Waals surface area contributed by atoms with Crippen LogP contribution in [-0.2, 0) is 4.79 Å². The molecule has 1 unspecified atom stereocenters. The highest BCUT2D eigenvalue weighted by molar-refractivity contribution is 5.85. The molecule has 0 bridgehead atoms. The highest BCUT2D eigenvalue weighted by atomic mass is 35.5. The maximum Gasteiger partial charge on any atom is 0.223 e. The Morgan fingerprint density at radius 2 is 1.80 bits per heavy atom. The van der Waals surface area contributed by atoms with Crippen molar-refractivity contribution in [2.45, 2.75) is 45.1 Å². The first-order valence-electron chi connectivity index (χ1n) is 7.21. The zero-order valence-electron chi connectivity index (χ0n) is 12.3. The van der Waals surface area contributed by atoms with Gasteiger partial charge in [0, 0.05) is 18.5 Å². The van der Waals surface area contributed by atoms with E-state index in [9.17, 15) is 4.79 Å². The van der Waals surface area contributed by atoms with Gasteiger partial charge in [0.2, 0.25) is 5.91 Å². The van der Waals surface area contributed by atoms with Crippen LogP contribution in [0.4, 0.5) is 0 Å². The van der Waals surface area contributed by atoms with Crippen molar-refractivity contribution in [1.82, 2.24) is 5.32 Å². The number of rotatable bonds is 5. The van der Waals surface area contributed by atoms with Crippen LogP contribution in [0.15, 0.2) is 24.3 Å². The molecule has 0 heterocycles. The summed E-state index contributed by atoms with van der Waals surface area (Å²) in [6.07, 6.45) is 3.25. The number of nitrogens with one attached hydrogen (secondary N) is 1. The molecule has 1 atom stereocenters. The van der Waals surface area contributed by atoms with Crippen LogP contribution < -0.4 is 11.1 Å². The Morgan fingerprint density at radius 1 is 1.25 bits per heavy atom. The average Bonchev–Trinajstić information content (AvgIpc) is 2.34. The summed E-state index contributed by atoms with van der Waals surface area (Å²) in [4.78, 5) is 11.7. The zero-order chi connectivity index (χ0) is 13.8. The molecule has 112 valence electrons. The number of amides is 1. The lowest BCUT2D eigenvalue weighted by molar-refractivity contribution is -0.127. The molecule has 2 rings (SSSR count). The summed E-state index contributed by atoms with van der Waals surface area (Å²) in [6, 6.07) is 8.25. The van der Waals surface area contributed by atoms with Crippen molar-refractivity contribution in [1.29, 1.82) is 0 Å². The summed E-state index contributed by atoms with van der Waals surface area (Å²) in [7, 11) is 0. The summed E-state index contributed by atoms with van der Waals surface area (Å²) >= 11 is 0. The van der Waals surface area contributed by atoms with Crippen LogP contribution in [0.3, 0.4) is 0 Å². The molecule has 0 spiro atoms. The highest BCUT2D eigenvalue weighted by Crippen LogP contribution is 2.26. The molecule has 1 aliphatic carbocycles. The zero-order valence-corrected chi connectivity index (χ0v) is 13.1. The lowest BCUT2D eigenvalue weighted by Crippen LogP contribution is -2.38. The van der Waals surface area contributed by atoms with Gasteiger partial charge >= 0.3 is 0 Å². The van der Waals surface area contributed by atoms with E-state index in [0.29, 0.717) is 12.5 Å². The third-order valence-electron chi connectivity index (χ3n) is 4.00. The van der Waals surface area contributed by atoms with Gasteiger partial charge in [0.15, 0.2) is 0 Å². The quantitative estimate of drug-likeness (QED) is 0.877. The standard InChI is InChI=1S/C16H24N2O.ClH/c1-11(2)12-6-8-13(9-7-12)15(17)10-18-16(19)14-4-3-5-14;/h6-9,11,14-15H,3-5,10,17H2,1-2H3,(H,18,19);1H. The number of nitrogens with two attached hydrogens (primary N) is 1. The molecule has 1 aromatic rings. The summed E-state index contributed by atoms with van der Waals surface area (Å²) < 4.78 is 0. The van der Waals surface area contributed by atoms with Gasteiger partial charge in [-0.1, -0.05) is 44.5 Å². The van der Waals surface area contributed by atoms with E-state index in [2.05, 4.69) is 43.4 Å². The van der Waals surface area contributed by atoms with E-state index in [-0.39, 0.29) is 30.3 Å². The molecule has 0 radical (unpaired) electrons. The van der Waals surface area contributed by atoms with Crippen LogP contribution in [0.1, 0.15) is 56.2 Å². The first-order chi connectivity index (χ1) is 9.08. The van der Waals surface area contributed by atoms with Gasteiger partial charge in [-0.3, -0.25) is 4.79 Å². The number of benzene rings is 1. The van der Waals surface area contributed by atoms with E-state index < -0.39 is 0 Å². The summed E-state index contributed by atoms with van der Waals surface area (Å²) in [6.45, 7) is 4.87. The summed E-state index contributed by atoms with van der Waals surface area (Å²) in [5, 5.41) is 2.96. The molecular formula is C16H25ClN2O. The SMILES string of the molecule is CC(C)c1ccc(C(N)CNC(=O)C2CCC2)cc1.Cl. The van der Waals surface area contributed by atoms with Crippen LogP contribution in [0, 0.1) is 5.92 Å². The van der Waals surface area contributed by atoms with E-state index in [1.807, 2.05) is 0 Å². The van der Waals surface area contributed by atoms with Crippen LogP contribution >= 0.6 is 12.4 Å². The Balaban J connectivity index is 0.00000200. The molecule has 3 N–H and O–H groups in total. The van der Waals surface area contributed by atoms with Crippen LogP contribution in [0.5, 0.6) is 0 Å². The average molecular weight is 297 g/mol. The van der Waals surface area contributed by atoms with Crippen molar-refractivity contribution < 1.29 is 4.79 Å². The lowest BCUT2D eigenvalue weighted by atomic mass is 9.85. The van der Waals surface area contributed by atoms with Gasteiger partial charge in [-0.2, -0.15) is 0 Å². The largest absolute Gasteiger partial charge is 0.354 e. The molecule has 1 saturated carbocycles. The molecule has 0 aliphatic heterocycles. The highest BCUT2D eigenvalue weighted by Gasteiger charge is 2.25. The fraction of sp³-hybridized carbons (Fsp3) is 0.562. The van der Waals surface area contributed by atoms with Gasteiger partial charge in [0.25, 0.3) is 0 Å². The van der Waals surface area contributed by atoms with Crippen LogP contribution in [0.25, 0.3) is 0 Å². The third kappa shape index (κ3) is 4.22. The van der Waals surface area contributed by atoms with Crippen LogP contribution in [0.2, 0.25) is 0 Å². The Kier molecular flexibility index (Phi) is 6.50. The molecule has 1 aromatic carbocycles. The first kappa shape index (κ1) is 17.0. The Labute approximate surface area is 127 Å². The molecule has 1 fully saturated rings. The topological polar surface area (TPSA) is 55.1 Å². The van der Waals surface area contributed by atoms with Gasteiger partial charge in [0.1, 0.15) is 0 Å². The number of hydrogen-bond acceptors (Lipinski definition) is 2. The van der Waals surface area contributed by atoms with Crippen molar-refractivity contribution in [2.24, 2.45) is 11.7 Å². The maximum atomic E-state index is 11.7. The maximum absolute atomic E-state index is 11.7. The van der Waals surface area contributed by atoms with E-state index in [4.69, 9.17) is 5.73 Å². The van der Waals surface area contributed by atoms with Gasteiger partial charge in [-0.15, -0.1) is 12.4 Å². The molecule has 3 nitrogen and oxygen atoms in total. The van der Waals surface area contributed by atoms with E-state index >= 15 is 0 Å². The third-order valence-corrected chi connectivity index (χ3v) is 4.00. The molecular weight excluding hydrogens is 272 g/mol. The van der Waals surface area contributed by atoms with Crippen LogP contribution in [-0.4, -0.2) is 12.5 Å². The van der Waals surface area contributed by atoms with E-state index in [0.717, 1.165) is 18.4 Å². The van der Waals surface area contributed by atoms with Gasteiger partial charge in [-0.05, 0) is 29.9 Å². The molecule has 4 heteroatoms. The molecule has 1 amide bonds. The number of carbonyl (C=O) groups excluding carboxylic acids is 1. The predicted octanol–water partition coefficient (Wildman–Crippen LogP) is 3.15. The second kappa shape index (κ2) is 7.65. The Bertz CT molecular complexity index is 427. The number of halogens is 1. The molecule has 20 heavy (non-hydrogen) atoms. The van der Waals surface area contributed by atoms with Crippen molar-refractivity contribution >= 4 is 18.3 Å². The predicted molar refractivity (Wildman–Crippen MR) is 85.1 cm³/mol. The van der Waals surface area contributed by atoms with Crippen molar-refractivity contribution in [2.75, 3.05) is 6.54 Å². The first-order valence-corrected chi connectivity index (χ1v) is 7.21. The minimum Gasteiger partial charge on any atom is -0.354 e. The van der Waals surface area contributed by atoms with E-state index in [1.165, 1.54) is 12.0 Å². The smallest absolute Gasteiger partial charge is 0.223 e. The fourth-order valence-electron chi connectivity index (χ4n) is 2.27. The normalized spacial score (nSPS) is 16.2. The van der Waals surface area contributed by atoms with Crippen molar-refractivity contribution in [3.05, 3.63) is 35.4 Å². The molecule has 1 aliphatic rings. The lowest BCUT2D eigenvalue weighted by Gasteiger charge is -2.25. The number of hydrogen-bond donors (Lipinski definition) is 2. The molecule has 0 saturated heterocycles. The van der Waals surface area contributed by atoms with Gasteiger partial charge in [-0.25, -0.2) is 0 Å². The molecule has 0 aromatic heterocycles. The van der Waals surface area contributed by atoms with Crippen molar-refractivity contribution in [3.8, 4) is 0 Å². The summed E-state index contributed by atoms with van der Waals surface area (Å²) in [5.41, 5.74) is 8.51. The van der Waals surface area contributed by atoms with Gasteiger partial charge in [0.05, 0.1) is 0 Å². The number of carbonyl (C=O) groups is 1. The Hall–Kier alpha value is -1.06. The Morgan fingerprint density at radius 3 is 2.25 bits per heavy atom. The minimum absolute atomic E-state index is 0. The monoisotopic (exact) mass is 296 g/mol. The minimum atomic E-state index is -0.120. The second-order valence-corrected chi connectivity index (χ2v) is 5.80. The fourth-order valence-corrected chi connectivity index (χ4v) is 2.27. The summed E-state index contributed by atoms with van der Waals surface area (Å²) in [5.74, 6) is 0.930. The van der Waals surface area contributed by atoms with Crippen molar-refractivity contribution in [3.63, 3.8) is 0 Å². The van der Waals surface area contributed by atoms with Gasteiger partial charge < -0.3 is 11.1 Å². The van der Waals surface area contributed by atoms with E-state index in [1.54, 1.807) is 0 Å². The second-order valence-electron chi connectivity index (χ2n) is 5.80.